The number of hydrogen-bond acceptors (Lipinski definition) is 5. The van der Waals surface area contributed by atoms with Crippen LogP contribution in [0.25, 0.3) is 11.3 Å². The third kappa shape index (κ3) is 3.60. The molecule has 1 aromatic heterocycles. The maximum Gasteiger partial charge on any atom is 0.209 e. The van der Waals surface area contributed by atoms with Gasteiger partial charge in [0, 0.05) is 27.2 Å². The van der Waals surface area contributed by atoms with E-state index < -0.39 is 0 Å². The van der Waals surface area contributed by atoms with E-state index in [1.54, 1.807) is 24.4 Å². The van der Waals surface area contributed by atoms with Crippen molar-refractivity contribution in [3.05, 3.63) is 57.9 Å². The highest BCUT2D eigenvalue weighted by molar-refractivity contribution is 9.10. The number of thiazole rings is 1. The maximum absolute atomic E-state index is 10.0. The molecule has 0 fully saturated rings. The van der Waals surface area contributed by atoms with E-state index in [1.807, 2.05) is 29.6 Å². The van der Waals surface area contributed by atoms with Crippen molar-refractivity contribution < 1.29 is 9.84 Å². The quantitative estimate of drug-likeness (QED) is 0.637. The number of aliphatic imine (C=N–C) groups is 1. The number of halogens is 1. The van der Waals surface area contributed by atoms with Gasteiger partial charge in [0.05, 0.1) is 12.8 Å². The van der Waals surface area contributed by atoms with E-state index in [2.05, 4.69) is 25.9 Å². The van der Waals surface area contributed by atoms with Crippen molar-refractivity contribution in [2.45, 2.75) is 0 Å². The van der Waals surface area contributed by atoms with E-state index in [0.29, 0.717) is 16.4 Å². The molecule has 2 aromatic carbocycles. The molecule has 4 nitrogen and oxygen atoms in total. The fraction of sp³-hybridized carbons (Fsp3) is 0.0588. The normalized spacial score (nSPS) is 11.0. The molecule has 0 unspecified atom stereocenters. The zero-order chi connectivity index (χ0) is 16.2. The molecule has 0 radical (unpaired) electrons. The Bertz CT molecular complexity index is 844. The monoisotopic (exact) mass is 388 g/mol. The first-order chi connectivity index (χ1) is 11.2. The average molecular weight is 389 g/mol. The van der Waals surface area contributed by atoms with Gasteiger partial charge in [0.25, 0.3) is 0 Å². The predicted octanol–water partition coefficient (Wildman–Crippen LogP) is 5.04. The smallest absolute Gasteiger partial charge is 0.209 e. The lowest BCUT2D eigenvalue weighted by atomic mass is 10.2. The number of benzene rings is 2. The Morgan fingerprint density at radius 1 is 1.22 bits per heavy atom. The van der Waals surface area contributed by atoms with Gasteiger partial charge in [-0.3, -0.25) is 0 Å². The molecule has 23 heavy (non-hydrogen) atoms. The number of hydrogen-bond donors (Lipinski definition) is 1. The van der Waals surface area contributed by atoms with Crippen molar-refractivity contribution in [2.24, 2.45) is 4.99 Å². The summed E-state index contributed by atoms with van der Waals surface area (Å²) in [4.78, 5) is 8.82. The lowest BCUT2D eigenvalue weighted by Gasteiger charge is -2.04. The van der Waals surface area contributed by atoms with Crippen molar-refractivity contribution in [3.63, 3.8) is 0 Å². The van der Waals surface area contributed by atoms with Crippen molar-refractivity contribution in [3.8, 4) is 22.8 Å². The highest BCUT2D eigenvalue weighted by Crippen LogP contribution is 2.30. The fourth-order valence-corrected chi connectivity index (χ4v) is 2.94. The second kappa shape index (κ2) is 6.93. The van der Waals surface area contributed by atoms with Crippen LogP contribution in [-0.2, 0) is 0 Å². The second-order valence-electron chi connectivity index (χ2n) is 4.68. The zero-order valence-electron chi connectivity index (χ0n) is 12.2. The lowest BCUT2D eigenvalue weighted by Crippen LogP contribution is -1.88. The van der Waals surface area contributed by atoms with Crippen molar-refractivity contribution in [1.82, 2.24) is 4.98 Å². The van der Waals surface area contributed by atoms with Crippen LogP contribution < -0.4 is 4.74 Å². The van der Waals surface area contributed by atoms with Crippen LogP contribution in [0.15, 0.2) is 57.3 Å². The molecule has 0 bridgehead atoms. The molecule has 0 saturated carbocycles. The largest absolute Gasteiger partial charge is 0.504 e. The van der Waals surface area contributed by atoms with Crippen LogP contribution in [0.3, 0.4) is 0 Å². The van der Waals surface area contributed by atoms with E-state index in [0.717, 1.165) is 15.7 Å². The molecule has 3 aromatic rings. The summed E-state index contributed by atoms with van der Waals surface area (Å²) in [6.07, 6.45) is 1.59. The molecule has 0 saturated heterocycles. The topological polar surface area (TPSA) is 54.7 Å². The fourth-order valence-electron chi connectivity index (χ4n) is 2.01. The minimum atomic E-state index is 0.0726. The Labute approximate surface area is 146 Å². The van der Waals surface area contributed by atoms with Crippen LogP contribution in [0.4, 0.5) is 5.13 Å². The van der Waals surface area contributed by atoms with Crippen LogP contribution in [0, 0.1) is 0 Å². The first-order valence-corrected chi connectivity index (χ1v) is 8.46. The standard InChI is InChI=1S/C17H13BrN2O2S/c1-22-15-4-2-3-12(16(15)21)9-19-17-20-14(10-23-17)11-5-7-13(18)8-6-11/h2-10,21H,1H3. The highest BCUT2D eigenvalue weighted by atomic mass is 79.9. The number of nitrogens with zero attached hydrogens (tertiary/aromatic N) is 2. The molecule has 1 N–H and O–H groups in total. The SMILES string of the molecule is COc1cccc(C=Nc2nc(-c3ccc(Br)cc3)cs2)c1O. The summed E-state index contributed by atoms with van der Waals surface area (Å²) < 4.78 is 6.11. The summed E-state index contributed by atoms with van der Waals surface area (Å²) in [5.41, 5.74) is 2.50. The second-order valence-corrected chi connectivity index (χ2v) is 6.43. The number of aromatic nitrogens is 1. The summed E-state index contributed by atoms with van der Waals surface area (Å²) in [6, 6.07) is 13.2. The number of rotatable bonds is 4. The third-order valence-corrected chi connectivity index (χ3v) is 4.47. The van der Waals surface area contributed by atoms with E-state index in [-0.39, 0.29) is 5.75 Å². The van der Waals surface area contributed by atoms with E-state index in [9.17, 15) is 5.11 Å². The van der Waals surface area contributed by atoms with Crippen molar-refractivity contribution >= 4 is 38.6 Å². The lowest BCUT2D eigenvalue weighted by molar-refractivity contribution is 0.373. The van der Waals surface area contributed by atoms with Crippen LogP contribution in [0.1, 0.15) is 5.56 Å². The molecule has 0 aliphatic rings. The van der Waals surface area contributed by atoms with Gasteiger partial charge in [-0.05, 0) is 24.3 Å². The zero-order valence-corrected chi connectivity index (χ0v) is 14.6. The Morgan fingerprint density at radius 3 is 2.74 bits per heavy atom. The average Bonchev–Trinajstić information content (AvgIpc) is 3.03. The van der Waals surface area contributed by atoms with Crippen LogP contribution in [0.2, 0.25) is 0 Å². The Hall–Kier alpha value is -2.18. The number of para-hydroxylation sites is 1. The van der Waals surface area contributed by atoms with Gasteiger partial charge >= 0.3 is 0 Å². The van der Waals surface area contributed by atoms with Gasteiger partial charge in [0.2, 0.25) is 5.13 Å². The van der Waals surface area contributed by atoms with E-state index in [1.165, 1.54) is 18.4 Å². The number of ether oxygens (including phenoxy) is 1. The van der Waals surface area contributed by atoms with Gasteiger partial charge in [0.15, 0.2) is 11.5 Å². The summed E-state index contributed by atoms with van der Waals surface area (Å²) in [5.74, 6) is 0.493. The molecule has 0 amide bonds. The molecular formula is C17H13BrN2O2S. The molecule has 0 aliphatic heterocycles. The Morgan fingerprint density at radius 2 is 2.00 bits per heavy atom. The predicted molar refractivity (Wildman–Crippen MR) is 97.2 cm³/mol. The molecule has 3 rings (SSSR count). The Balaban J connectivity index is 1.83. The molecule has 0 atom stereocenters. The van der Waals surface area contributed by atoms with Crippen molar-refractivity contribution in [2.75, 3.05) is 7.11 Å². The first-order valence-electron chi connectivity index (χ1n) is 6.79. The molecular weight excluding hydrogens is 376 g/mol. The molecule has 0 spiro atoms. The number of methoxy groups -OCH3 is 1. The minimum Gasteiger partial charge on any atom is -0.504 e. The summed E-state index contributed by atoms with van der Waals surface area (Å²) in [5, 5.41) is 12.6. The van der Waals surface area contributed by atoms with E-state index >= 15 is 0 Å². The Kier molecular flexibility index (Phi) is 4.73. The van der Waals surface area contributed by atoms with Crippen LogP contribution >= 0.6 is 27.3 Å². The first kappa shape index (κ1) is 15.7. The third-order valence-electron chi connectivity index (χ3n) is 3.20. The molecule has 0 aliphatic carbocycles. The molecule has 6 heteroatoms. The van der Waals surface area contributed by atoms with Crippen LogP contribution in [-0.4, -0.2) is 23.4 Å². The maximum atomic E-state index is 10.0. The number of aromatic hydroxyl groups is 1. The summed E-state index contributed by atoms with van der Waals surface area (Å²) in [6.45, 7) is 0. The van der Waals surface area contributed by atoms with E-state index in [4.69, 9.17) is 4.74 Å². The van der Waals surface area contributed by atoms with Crippen molar-refractivity contribution in [1.29, 1.82) is 0 Å². The van der Waals surface area contributed by atoms with Gasteiger partial charge in [-0.2, -0.15) is 0 Å². The van der Waals surface area contributed by atoms with Gasteiger partial charge in [-0.25, -0.2) is 9.98 Å². The van der Waals surface area contributed by atoms with Gasteiger partial charge in [0.1, 0.15) is 0 Å². The van der Waals surface area contributed by atoms with Crippen LogP contribution in [0.5, 0.6) is 11.5 Å². The number of phenols is 1. The summed E-state index contributed by atoms with van der Waals surface area (Å²) >= 11 is 4.87. The summed E-state index contributed by atoms with van der Waals surface area (Å²) in [7, 11) is 1.52. The minimum absolute atomic E-state index is 0.0726. The van der Waals surface area contributed by atoms with Gasteiger partial charge in [-0.15, -0.1) is 11.3 Å². The van der Waals surface area contributed by atoms with Gasteiger partial charge in [-0.1, -0.05) is 34.1 Å². The molecule has 1 heterocycles. The number of phenolic OH excluding ortho intramolecular Hbond substituents is 1. The highest BCUT2D eigenvalue weighted by Gasteiger charge is 2.06. The van der Waals surface area contributed by atoms with Gasteiger partial charge < -0.3 is 9.84 Å². The molecule has 116 valence electrons.